The minimum atomic E-state index is -1.30. The van der Waals surface area contributed by atoms with Gasteiger partial charge in [-0.2, -0.15) is 0 Å². The Labute approximate surface area is 125 Å². The van der Waals surface area contributed by atoms with Crippen LogP contribution in [-0.2, 0) is 10.4 Å². The topological polar surface area (TPSA) is 37.3 Å². The lowest BCUT2D eigenvalue weighted by Crippen LogP contribution is -2.30. The summed E-state index contributed by atoms with van der Waals surface area (Å²) in [4.78, 5) is 12.2. The lowest BCUT2D eigenvalue weighted by Gasteiger charge is -2.28. The van der Waals surface area contributed by atoms with Crippen LogP contribution in [0, 0.1) is 0 Å². The summed E-state index contributed by atoms with van der Waals surface area (Å²) < 4.78 is 0. The van der Waals surface area contributed by atoms with Crippen molar-refractivity contribution in [2.45, 2.75) is 25.9 Å². The van der Waals surface area contributed by atoms with E-state index < -0.39 is 5.60 Å². The van der Waals surface area contributed by atoms with Crippen molar-refractivity contribution in [2.24, 2.45) is 0 Å². The molecule has 2 nitrogen and oxygen atoms in total. The number of carbonyl (C=O) groups excluding carboxylic acids is 1. The van der Waals surface area contributed by atoms with E-state index in [9.17, 15) is 9.90 Å². The summed E-state index contributed by atoms with van der Waals surface area (Å²) in [6.07, 6.45) is 1.61. The number of ketones is 1. The summed E-state index contributed by atoms with van der Waals surface area (Å²) in [5, 5.41) is 11.2. The lowest BCUT2D eigenvalue weighted by atomic mass is 9.82. The highest BCUT2D eigenvalue weighted by Crippen LogP contribution is 2.33. The molecule has 2 rings (SSSR count). The maximum absolute atomic E-state index is 12.2. The van der Waals surface area contributed by atoms with Crippen LogP contribution in [0.15, 0.2) is 72.3 Å². The second kappa shape index (κ2) is 6.51. The normalized spacial score (nSPS) is 11.0. The molecule has 0 aromatic heterocycles. The highest BCUT2D eigenvalue weighted by Gasteiger charge is 2.33. The van der Waals surface area contributed by atoms with Crippen molar-refractivity contribution in [1.29, 1.82) is 0 Å². The number of benzene rings is 2. The van der Waals surface area contributed by atoms with Gasteiger partial charge in [-0.25, -0.2) is 0 Å². The van der Waals surface area contributed by atoms with Gasteiger partial charge in [0.25, 0.3) is 0 Å². The SMILES string of the molecule is CC(C)=CC(=O)CC(O)(c1ccccc1)c1ccccc1. The van der Waals surface area contributed by atoms with Gasteiger partial charge in [0.05, 0.1) is 0 Å². The van der Waals surface area contributed by atoms with Crippen LogP contribution in [0.5, 0.6) is 0 Å². The van der Waals surface area contributed by atoms with Crippen molar-refractivity contribution in [3.8, 4) is 0 Å². The third-order valence-corrected chi connectivity index (χ3v) is 3.38. The molecule has 0 atom stereocenters. The van der Waals surface area contributed by atoms with Crippen LogP contribution in [0.1, 0.15) is 31.4 Å². The molecule has 0 aliphatic rings. The van der Waals surface area contributed by atoms with Crippen molar-refractivity contribution in [2.75, 3.05) is 0 Å². The van der Waals surface area contributed by atoms with E-state index in [0.717, 1.165) is 16.7 Å². The second-order valence-electron chi connectivity index (χ2n) is 5.46. The Bertz CT molecular complexity index is 584. The van der Waals surface area contributed by atoms with E-state index in [-0.39, 0.29) is 12.2 Å². The van der Waals surface area contributed by atoms with Crippen LogP contribution in [0.2, 0.25) is 0 Å². The van der Waals surface area contributed by atoms with E-state index in [1.54, 1.807) is 6.08 Å². The fraction of sp³-hybridized carbons (Fsp3) is 0.211. The molecule has 0 heterocycles. The van der Waals surface area contributed by atoms with Crippen LogP contribution in [0.4, 0.5) is 0 Å². The zero-order valence-corrected chi connectivity index (χ0v) is 12.4. The van der Waals surface area contributed by atoms with E-state index >= 15 is 0 Å². The van der Waals surface area contributed by atoms with E-state index in [1.165, 1.54) is 0 Å². The number of hydrogen-bond acceptors (Lipinski definition) is 2. The standard InChI is InChI=1S/C19H20O2/c1-15(2)13-18(20)14-19(21,16-9-5-3-6-10-16)17-11-7-4-8-12-17/h3-13,21H,14H2,1-2H3. The Morgan fingerprint density at radius 2 is 1.38 bits per heavy atom. The summed E-state index contributed by atoms with van der Waals surface area (Å²) in [6.45, 7) is 3.75. The summed E-state index contributed by atoms with van der Waals surface area (Å²) in [6, 6.07) is 18.7. The van der Waals surface area contributed by atoms with Gasteiger partial charge in [0.15, 0.2) is 5.78 Å². The molecule has 108 valence electrons. The fourth-order valence-corrected chi connectivity index (χ4v) is 2.42. The van der Waals surface area contributed by atoms with Gasteiger partial charge < -0.3 is 5.11 Å². The number of rotatable bonds is 5. The third-order valence-electron chi connectivity index (χ3n) is 3.38. The van der Waals surface area contributed by atoms with Crippen molar-refractivity contribution in [1.82, 2.24) is 0 Å². The molecule has 1 N–H and O–H groups in total. The summed E-state index contributed by atoms with van der Waals surface area (Å²) in [7, 11) is 0. The molecule has 0 amide bonds. The van der Waals surface area contributed by atoms with Crippen molar-refractivity contribution in [3.05, 3.63) is 83.4 Å². The first-order valence-corrected chi connectivity index (χ1v) is 7.03. The van der Waals surface area contributed by atoms with E-state index in [2.05, 4.69) is 0 Å². The molecule has 0 saturated carbocycles. The summed E-state index contributed by atoms with van der Waals surface area (Å²) in [5.74, 6) is -0.0785. The Balaban J connectivity index is 2.45. The van der Waals surface area contributed by atoms with E-state index in [1.807, 2.05) is 74.5 Å². The van der Waals surface area contributed by atoms with Gasteiger partial charge in [0, 0.05) is 6.42 Å². The quantitative estimate of drug-likeness (QED) is 0.845. The molecular weight excluding hydrogens is 260 g/mol. The molecule has 0 bridgehead atoms. The molecule has 0 radical (unpaired) electrons. The van der Waals surface area contributed by atoms with Crippen LogP contribution < -0.4 is 0 Å². The van der Waals surface area contributed by atoms with Gasteiger partial charge in [0.2, 0.25) is 0 Å². The Kier molecular flexibility index (Phi) is 4.71. The molecule has 0 unspecified atom stereocenters. The number of aliphatic hydroxyl groups is 1. The van der Waals surface area contributed by atoms with Gasteiger partial charge in [-0.05, 0) is 31.1 Å². The molecule has 2 heteroatoms. The number of allylic oxidation sites excluding steroid dienone is 2. The fourth-order valence-electron chi connectivity index (χ4n) is 2.42. The number of hydrogen-bond donors (Lipinski definition) is 1. The first-order chi connectivity index (χ1) is 10.0. The lowest BCUT2D eigenvalue weighted by molar-refractivity contribution is -0.118. The maximum Gasteiger partial charge on any atom is 0.159 e. The van der Waals surface area contributed by atoms with Gasteiger partial charge in [-0.15, -0.1) is 0 Å². The third kappa shape index (κ3) is 3.67. The predicted molar refractivity (Wildman–Crippen MR) is 84.9 cm³/mol. The first kappa shape index (κ1) is 15.2. The zero-order chi connectivity index (χ0) is 15.3. The molecule has 0 aliphatic carbocycles. The largest absolute Gasteiger partial charge is 0.380 e. The van der Waals surface area contributed by atoms with Crippen molar-refractivity contribution >= 4 is 5.78 Å². The van der Waals surface area contributed by atoms with Crippen LogP contribution in [0.25, 0.3) is 0 Å². The Morgan fingerprint density at radius 3 is 1.76 bits per heavy atom. The molecule has 2 aromatic rings. The highest BCUT2D eigenvalue weighted by atomic mass is 16.3. The molecule has 2 aromatic carbocycles. The molecule has 0 fully saturated rings. The first-order valence-electron chi connectivity index (χ1n) is 7.03. The van der Waals surface area contributed by atoms with Crippen LogP contribution in [-0.4, -0.2) is 10.9 Å². The monoisotopic (exact) mass is 280 g/mol. The molecule has 0 aliphatic heterocycles. The summed E-state index contributed by atoms with van der Waals surface area (Å²) in [5.41, 5.74) is 1.09. The van der Waals surface area contributed by atoms with Crippen LogP contribution >= 0.6 is 0 Å². The smallest absolute Gasteiger partial charge is 0.159 e. The maximum atomic E-state index is 12.2. The molecule has 0 saturated heterocycles. The predicted octanol–water partition coefficient (Wildman–Crippen LogP) is 3.85. The minimum Gasteiger partial charge on any atom is -0.380 e. The zero-order valence-electron chi connectivity index (χ0n) is 12.4. The van der Waals surface area contributed by atoms with Gasteiger partial charge >= 0.3 is 0 Å². The van der Waals surface area contributed by atoms with Crippen molar-refractivity contribution in [3.63, 3.8) is 0 Å². The average molecular weight is 280 g/mol. The van der Waals surface area contributed by atoms with Crippen LogP contribution in [0.3, 0.4) is 0 Å². The summed E-state index contributed by atoms with van der Waals surface area (Å²) >= 11 is 0. The van der Waals surface area contributed by atoms with Gasteiger partial charge in [0.1, 0.15) is 5.60 Å². The van der Waals surface area contributed by atoms with E-state index in [4.69, 9.17) is 0 Å². The minimum absolute atomic E-state index is 0.0339. The highest BCUT2D eigenvalue weighted by molar-refractivity contribution is 5.91. The molecular formula is C19H20O2. The van der Waals surface area contributed by atoms with Gasteiger partial charge in [-0.1, -0.05) is 66.2 Å². The Morgan fingerprint density at radius 1 is 0.952 bits per heavy atom. The molecule has 0 spiro atoms. The Hall–Kier alpha value is -2.19. The number of carbonyl (C=O) groups is 1. The molecule has 21 heavy (non-hydrogen) atoms. The van der Waals surface area contributed by atoms with Crippen molar-refractivity contribution < 1.29 is 9.90 Å². The average Bonchev–Trinajstić information content (AvgIpc) is 2.48. The second-order valence-corrected chi connectivity index (χ2v) is 5.46. The van der Waals surface area contributed by atoms with E-state index in [0.29, 0.717) is 0 Å². The van der Waals surface area contributed by atoms with Gasteiger partial charge in [-0.3, -0.25) is 4.79 Å².